The van der Waals surface area contributed by atoms with E-state index < -0.39 is 0 Å². The van der Waals surface area contributed by atoms with Gasteiger partial charge in [0, 0.05) is 50.8 Å². The molecule has 1 atom stereocenters. The number of para-hydroxylation sites is 1. The first kappa shape index (κ1) is 15.6. The molecule has 4 rings (SSSR count). The number of likely N-dealkylation sites (tertiary alicyclic amines) is 1. The van der Waals surface area contributed by atoms with Gasteiger partial charge in [0.05, 0.1) is 11.3 Å². The number of nitrogens with zero attached hydrogens (tertiary/aromatic N) is 5. The summed E-state index contributed by atoms with van der Waals surface area (Å²) in [5.41, 5.74) is 1.50. The second-order valence-electron chi connectivity index (χ2n) is 6.45. The number of aryl methyl sites for hydroxylation is 1. The molecule has 1 amide bonds. The number of piperidine rings is 1. The monoisotopic (exact) mass is 335 g/mol. The quantitative estimate of drug-likeness (QED) is 0.739. The molecule has 0 bridgehead atoms. The Morgan fingerprint density at radius 3 is 2.80 bits per heavy atom. The van der Waals surface area contributed by atoms with Gasteiger partial charge in [-0.2, -0.15) is 5.10 Å². The second-order valence-corrected chi connectivity index (χ2v) is 6.45. The van der Waals surface area contributed by atoms with Crippen LogP contribution in [0.2, 0.25) is 0 Å². The maximum absolute atomic E-state index is 13.2. The zero-order chi connectivity index (χ0) is 17.2. The fourth-order valence-corrected chi connectivity index (χ4v) is 3.58. The van der Waals surface area contributed by atoms with E-state index in [2.05, 4.69) is 14.6 Å². The van der Waals surface area contributed by atoms with Crippen LogP contribution in [-0.4, -0.2) is 43.2 Å². The van der Waals surface area contributed by atoms with Crippen LogP contribution in [0.25, 0.3) is 5.69 Å². The Morgan fingerprint density at radius 2 is 2.04 bits per heavy atom. The molecule has 0 radical (unpaired) electrons. The van der Waals surface area contributed by atoms with Crippen LogP contribution in [0.15, 0.2) is 55.1 Å². The average molecular weight is 335 g/mol. The number of carbonyl (C=O) groups is 1. The minimum absolute atomic E-state index is 0.0602. The molecule has 6 nitrogen and oxygen atoms in total. The molecule has 1 saturated heterocycles. The van der Waals surface area contributed by atoms with E-state index in [4.69, 9.17) is 0 Å². The van der Waals surface area contributed by atoms with Crippen molar-refractivity contribution in [2.45, 2.75) is 18.8 Å². The molecular formula is C19H21N5O. The van der Waals surface area contributed by atoms with E-state index >= 15 is 0 Å². The summed E-state index contributed by atoms with van der Waals surface area (Å²) in [7, 11) is 2.01. The molecule has 128 valence electrons. The molecule has 0 spiro atoms. The van der Waals surface area contributed by atoms with Gasteiger partial charge in [-0.25, -0.2) is 9.67 Å². The number of imidazole rings is 1. The van der Waals surface area contributed by atoms with Crippen molar-refractivity contribution in [1.29, 1.82) is 0 Å². The lowest BCUT2D eigenvalue weighted by atomic mass is 9.96. The van der Waals surface area contributed by atoms with Crippen molar-refractivity contribution >= 4 is 5.91 Å². The molecule has 3 aromatic rings. The van der Waals surface area contributed by atoms with Gasteiger partial charge >= 0.3 is 0 Å². The van der Waals surface area contributed by atoms with E-state index in [1.807, 2.05) is 60.9 Å². The summed E-state index contributed by atoms with van der Waals surface area (Å²) >= 11 is 0. The average Bonchev–Trinajstić information content (AvgIpc) is 3.33. The van der Waals surface area contributed by atoms with Crippen LogP contribution in [0.1, 0.15) is 34.9 Å². The maximum Gasteiger partial charge on any atom is 0.256 e. The third-order valence-corrected chi connectivity index (χ3v) is 4.82. The Labute approximate surface area is 146 Å². The summed E-state index contributed by atoms with van der Waals surface area (Å²) in [5, 5.41) is 4.27. The standard InChI is InChI=1S/C19H21N5O/c1-22-13-10-20-18(22)15-6-4-11-23(14-15)19(25)16-7-2-3-8-17(16)24-12-5-9-21-24/h2-3,5,7-10,12-13,15H,4,6,11,14H2,1H3. The van der Waals surface area contributed by atoms with Gasteiger partial charge in [0.2, 0.25) is 0 Å². The Hall–Kier alpha value is -2.89. The van der Waals surface area contributed by atoms with Crippen molar-refractivity contribution in [1.82, 2.24) is 24.2 Å². The SMILES string of the molecule is Cn1ccnc1C1CCCN(C(=O)c2ccccc2-n2cccn2)C1. The summed E-state index contributed by atoms with van der Waals surface area (Å²) in [6.07, 6.45) is 9.42. The van der Waals surface area contributed by atoms with Crippen LogP contribution in [0, 0.1) is 0 Å². The smallest absolute Gasteiger partial charge is 0.256 e. The number of hydrogen-bond donors (Lipinski definition) is 0. The fraction of sp³-hybridized carbons (Fsp3) is 0.316. The van der Waals surface area contributed by atoms with Gasteiger partial charge in [0.25, 0.3) is 5.91 Å². The molecule has 2 aromatic heterocycles. The van der Waals surface area contributed by atoms with Crippen LogP contribution in [0.4, 0.5) is 0 Å². The molecular weight excluding hydrogens is 314 g/mol. The topological polar surface area (TPSA) is 56.0 Å². The van der Waals surface area contributed by atoms with E-state index in [9.17, 15) is 4.79 Å². The first-order valence-corrected chi connectivity index (χ1v) is 8.59. The summed E-state index contributed by atoms with van der Waals surface area (Å²) in [6, 6.07) is 9.50. The van der Waals surface area contributed by atoms with Crippen LogP contribution in [0.5, 0.6) is 0 Å². The van der Waals surface area contributed by atoms with Crippen molar-refractivity contribution < 1.29 is 4.79 Å². The first-order chi connectivity index (χ1) is 12.2. The van der Waals surface area contributed by atoms with Crippen LogP contribution < -0.4 is 0 Å². The fourth-order valence-electron chi connectivity index (χ4n) is 3.58. The number of aromatic nitrogens is 4. The Balaban J connectivity index is 1.60. The molecule has 3 heterocycles. The highest BCUT2D eigenvalue weighted by Gasteiger charge is 2.28. The molecule has 1 aliphatic heterocycles. The third-order valence-electron chi connectivity index (χ3n) is 4.82. The second kappa shape index (κ2) is 6.55. The number of rotatable bonds is 3. The Kier molecular flexibility index (Phi) is 4.09. The zero-order valence-electron chi connectivity index (χ0n) is 14.2. The molecule has 0 saturated carbocycles. The summed E-state index contributed by atoms with van der Waals surface area (Å²) in [6.45, 7) is 1.49. The van der Waals surface area contributed by atoms with Gasteiger partial charge in [0.15, 0.2) is 0 Å². The highest BCUT2D eigenvalue weighted by Crippen LogP contribution is 2.27. The van der Waals surface area contributed by atoms with Gasteiger partial charge in [-0.1, -0.05) is 12.1 Å². The highest BCUT2D eigenvalue weighted by atomic mass is 16.2. The normalized spacial score (nSPS) is 17.6. The van der Waals surface area contributed by atoms with E-state index in [1.54, 1.807) is 10.9 Å². The predicted molar refractivity (Wildman–Crippen MR) is 94.7 cm³/mol. The number of benzene rings is 1. The van der Waals surface area contributed by atoms with Gasteiger partial charge in [-0.05, 0) is 31.0 Å². The molecule has 1 aliphatic rings. The molecule has 25 heavy (non-hydrogen) atoms. The molecule has 0 N–H and O–H groups in total. The summed E-state index contributed by atoms with van der Waals surface area (Å²) in [4.78, 5) is 19.6. The number of amides is 1. The number of carbonyl (C=O) groups excluding carboxylic acids is 1. The van der Waals surface area contributed by atoms with Crippen molar-refractivity contribution in [3.05, 3.63) is 66.5 Å². The largest absolute Gasteiger partial charge is 0.338 e. The van der Waals surface area contributed by atoms with E-state index in [1.165, 1.54) is 0 Å². The maximum atomic E-state index is 13.2. The highest BCUT2D eigenvalue weighted by molar-refractivity contribution is 5.97. The van der Waals surface area contributed by atoms with Crippen LogP contribution in [0.3, 0.4) is 0 Å². The van der Waals surface area contributed by atoms with E-state index in [0.29, 0.717) is 12.1 Å². The predicted octanol–water partition coefficient (Wildman–Crippen LogP) is 2.63. The number of hydrogen-bond acceptors (Lipinski definition) is 3. The Morgan fingerprint density at radius 1 is 1.16 bits per heavy atom. The molecule has 1 fully saturated rings. The van der Waals surface area contributed by atoms with Crippen molar-refractivity contribution in [3.8, 4) is 5.69 Å². The molecule has 1 aromatic carbocycles. The summed E-state index contributed by atoms with van der Waals surface area (Å²) < 4.78 is 3.80. The Bertz CT molecular complexity index is 868. The minimum atomic E-state index is 0.0602. The van der Waals surface area contributed by atoms with Crippen LogP contribution in [-0.2, 0) is 7.05 Å². The van der Waals surface area contributed by atoms with Gasteiger partial charge in [-0.3, -0.25) is 4.79 Å². The lowest BCUT2D eigenvalue weighted by molar-refractivity contribution is 0.0703. The van der Waals surface area contributed by atoms with Gasteiger partial charge in [0.1, 0.15) is 5.82 Å². The van der Waals surface area contributed by atoms with Gasteiger partial charge < -0.3 is 9.47 Å². The van der Waals surface area contributed by atoms with E-state index in [0.717, 1.165) is 30.9 Å². The van der Waals surface area contributed by atoms with Crippen LogP contribution >= 0.6 is 0 Å². The lowest BCUT2D eigenvalue weighted by Crippen LogP contribution is -2.40. The van der Waals surface area contributed by atoms with E-state index in [-0.39, 0.29) is 11.8 Å². The third kappa shape index (κ3) is 2.95. The van der Waals surface area contributed by atoms with Crippen molar-refractivity contribution in [3.63, 3.8) is 0 Å². The lowest BCUT2D eigenvalue weighted by Gasteiger charge is -2.33. The first-order valence-electron chi connectivity index (χ1n) is 8.59. The molecule has 6 heteroatoms. The van der Waals surface area contributed by atoms with Crippen molar-refractivity contribution in [2.24, 2.45) is 7.05 Å². The molecule has 1 unspecified atom stereocenters. The van der Waals surface area contributed by atoms with Crippen molar-refractivity contribution in [2.75, 3.05) is 13.1 Å². The zero-order valence-corrected chi connectivity index (χ0v) is 14.2. The summed E-state index contributed by atoms with van der Waals surface area (Å²) in [5.74, 6) is 1.40. The van der Waals surface area contributed by atoms with Gasteiger partial charge in [-0.15, -0.1) is 0 Å². The molecule has 0 aliphatic carbocycles. The minimum Gasteiger partial charge on any atom is -0.338 e.